The standard InChI is InChI=1S/C18H24N2OS/c1-17(2)13-9-10-18(17,3)15(11-13)19-20-16(21)12-5-7-14(22-4)8-6-12/h5-8,13H,9-11H2,1-4H3,(H,20,21)/b19-15-/t13-,18+/m1/s1. The van der Waals surface area contributed by atoms with E-state index in [0.717, 1.165) is 11.3 Å². The van der Waals surface area contributed by atoms with Crippen molar-refractivity contribution in [3.63, 3.8) is 0 Å². The van der Waals surface area contributed by atoms with Gasteiger partial charge in [-0.2, -0.15) is 5.10 Å². The summed E-state index contributed by atoms with van der Waals surface area (Å²) in [6.45, 7) is 6.99. The Kier molecular flexibility index (Phi) is 3.84. The van der Waals surface area contributed by atoms with Crippen LogP contribution in [0.5, 0.6) is 0 Å². The van der Waals surface area contributed by atoms with E-state index < -0.39 is 0 Å². The van der Waals surface area contributed by atoms with Gasteiger partial charge in [0, 0.05) is 21.6 Å². The first kappa shape index (κ1) is 15.6. The summed E-state index contributed by atoms with van der Waals surface area (Å²) in [5.41, 5.74) is 5.02. The van der Waals surface area contributed by atoms with Crippen molar-refractivity contribution in [3.05, 3.63) is 29.8 Å². The van der Waals surface area contributed by atoms with E-state index in [2.05, 4.69) is 31.3 Å². The summed E-state index contributed by atoms with van der Waals surface area (Å²) in [6, 6.07) is 7.64. The molecule has 0 heterocycles. The van der Waals surface area contributed by atoms with Gasteiger partial charge in [0.25, 0.3) is 5.91 Å². The Bertz CT molecular complexity index is 620. The Hall–Kier alpha value is -1.29. The van der Waals surface area contributed by atoms with Crippen LogP contribution >= 0.6 is 11.8 Å². The van der Waals surface area contributed by atoms with Crippen LogP contribution in [0, 0.1) is 16.7 Å². The molecule has 1 amide bonds. The molecule has 3 rings (SSSR count). The molecule has 2 aliphatic carbocycles. The molecule has 0 radical (unpaired) electrons. The number of amides is 1. The van der Waals surface area contributed by atoms with Crippen molar-refractivity contribution in [3.8, 4) is 0 Å². The highest BCUT2D eigenvalue weighted by molar-refractivity contribution is 7.98. The van der Waals surface area contributed by atoms with E-state index in [1.165, 1.54) is 18.6 Å². The van der Waals surface area contributed by atoms with E-state index in [1.807, 2.05) is 30.5 Å². The summed E-state index contributed by atoms with van der Waals surface area (Å²) in [5.74, 6) is 0.582. The molecule has 2 fully saturated rings. The van der Waals surface area contributed by atoms with E-state index in [9.17, 15) is 4.79 Å². The van der Waals surface area contributed by atoms with Gasteiger partial charge in [-0.15, -0.1) is 11.8 Å². The number of nitrogens with zero attached hydrogens (tertiary/aromatic N) is 1. The van der Waals surface area contributed by atoms with Gasteiger partial charge < -0.3 is 0 Å². The fraction of sp³-hybridized carbons (Fsp3) is 0.556. The molecule has 3 nitrogen and oxygen atoms in total. The monoisotopic (exact) mass is 316 g/mol. The summed E-state index contributed by atoms with van der Waals surface area (Å²) >= 11 is 1.67. The van der Waals surface area contributed by atoms with Crippen LogP contribution < -0.4 is 5.43 Å². The third-order valence-electron chi connectivity index (χ3n) is 6.16. The first-order valence-electron chi connectivity index (χ1n) is 7.90. The van der Waals surface area contributed by atoms with Gasteiger partial charge in [0.2, 0.25) is 0 Å². The normalized spacial score (nSPS) is 30.7. The SMILES string of the molecule is CSc1ccc(C(=O)N/N=C2/C[C@H]3CC[C@]2(C)C3(C)C)cc1. The van der Waals surface area contributed by atoms with E-state index in [-0.39, 0.29) is 16.7 Å². The number of carbonyl (C=O) groups excluding carboxylic acids is 1. The highest BCUT2D eigenvalue weighted by atomic mass is 32.2. The third-order valence-corrected chi connectivity index (χ3v) is 6.90. The Morgan fingerprint density at radius 1 is 1.27 bits per heavy atom. The maximum atomic E-state index is 12.2. The second kappa shape index (κ2) is 5.41. The number of hydrogen-bond donors (Lipinski definition) is 1. The quantitative estimate of drug-likeness (QED) is 0.665. The molecule has 2 bridgehead atoms. The van der Waals surface area contributed by atoms with Gasteiger partial charge >= 0.3 is 0 Å². The van der Waals surface area contributed by atoms with Crippen molar-refractivity contribution in [2.75, 3.05) is 6.26 Å². The van der Waals surface area contributed by atoms with Crippen molar-refractivity contribution in [2.45, 2.75) is 44.9 Å². The number of hydrogen-bond acceptors (Lipinski definition) is 3. The molecule has 0 unspecified atom stereocenters. The predicted molar refractivity (Wildman–Crippen MR) is 92.4 cm³/mol. The van der Waals surface area contributed by atoms with Crippen molar-refractivity contribution < 1.29 is 4.79 Å². The molecule has 118 valence electrons. The summed E-state index contributed by atoms with van der Waals surface area (Å²) in [5, 5.41) is 4.50. The Balaban J connectivity index is 1.73. The topological polar surface area (TPSA) is 41.5 Å². The van der Waals surface area contributed by atoms with Crippen molar-refractivity contribution in [1.82, 2.24) is 5.43 Å². The molecule has 1 aromatic rings. The average Bonchev–Trinajstić information content (AvgIpc) is 2.85. The summed E-state index contributed by atoms with van der Waals surface area (Å²) < 4.78 is 0. The molecule has 1 aromatic carbocycles. The number of carbonyl (C=O) groups is 1. The molecule has 0 spiro atoms. The van der Waals surface area contributed by atoms with Gasteiger partial charge in [0.05, 0.1) is 0 Å². The van der Waals surface area contributed by atoms with Crippen molar-refractivity contribution >= 4 is 23.4 Å². The molecule has 0 aromatic heterocycles. The fourth-order valence-electron chi connectivity index (χ4n) is 4.02. The summed E-state index contributed by atoms with van der Waals surface area (Å²) in [4.78, 5) is 13.4. The number of thioether (sulfide) groups is 1. The lowest BCUT2D eigenvalue weighted by molar-refractivity contribution is 0.0954. The Morgan fingerprint density at radius 2 is 1.95 bits per heavy atom. The number of fused-ring (bicyclic) bond motifs is 2. The minimum absolute atomic E-state index is 0.121. The van der Waals surface area contributed by atoms with E-state index in [1.54, 1.807) is 11.8 Å². The second-order valence-electron chi connectivity index (χ2n) is 7.22. The van der Waals surface area contributed by atoms with E-state index in [0.29, 0.717) is 11.5 Å². The van der Waals surface area contributed by atoms with Crippen LogP contribution in [0.2, 0.25) is 0 Å². The minimum atomic E-state index is -0.121. The maximum absolute atomic E-state index is 12.2. The van der Waals surface area contributed by atoms with Crippen molar-refractivity contribution in [1.29, 1.82) is 0 Å². The Labute approximate surface area is 136 Å². The highest BCUT2D eigenvalue weighted by Gasteiger charge is 2.59. The number of nitrogens with one attached hydrogen (secondary N) is 1. The minimum Gasteiger partial charge on any atom is -0.267 e. The lowest BCUT2D eigenvalue weighted by atomic mass is 9.70. The smallest absolute Gasteiger partial charge is 0.267 e. The number of rotatable bonds is 3. The average molecular weight is 316 g/mol. The Morgan fingerprint density at radius 3 is 2.45 bits per heavy atom. The zero-order valence-corrected chi connectivity index (χ0v) is 14.6. The van der Waals surface area contributed by atoms with Crippen molar-refractivity contribution in [2.24, 2.45) is 21.8 Å². The van der Waals surface area contributed by atoms with Gasteiger partial charge in [0.1, 0.15) is 0 Å². The summed E-state index contributed by atoms with van der Waals surface area (Å²) in [7, 11) is 0. The molecule has 0 saturated heterocycles. The van der Waals surface area contributed by atoms with E-state index >= 15 is 0 Å². The van der Waals surface area contributed by atoms with Gasteiger partial charge in [0.15, 0.2) is 0 Å². The van der Waals surface area contributed by atoms with Gasteiger partial charge in [-0.25, -0.2) is 5.43 Å². The van der Waals surface area contributed by atoms with Crippen LogP contribution in [-0.4, -0.2) is 17.9 Å². The second-order valence-corrected chi connectivity index (χ2v) is 8.10. The van der Waals surface area contributed by atoms with Gasteiger partial charge in [-0.05, 0) is 61.1 Å². The molecule has 22 heavy (non-hydrogen) atoms. The zero-order chi connectivity index (χ0) is 16.0. The first-order chi connectivity index (χ1) is 10.4. The van der Waals surface area contributed by atoms with Crippen LogP contribution in [-0.2, 0) is 0 Å². The molecule has 0 aliphatic heterocycles. The number of benzene rings is 1. The van der Waals surface area contributed by atoms with Gasteiger partial charge in [-0.3, -0.25) is 4.79 Å². The predicted octanol–water partition coefficient (Wildman–Crippen LogP) is 4.34. The van der Waals surface area contributed by atoms with Crippen LogP contribution in [0.15, 0.2) is 34.3 Å². The largest absolute Gasteiger partial charge is 0.271 e. The molecule has 2 atom stereocenters. The molecule has 2 saturated carbocycles. The van der Waals surface area contributed by atoms with Crippen LogP contribution in [0.3, 0.4) is 0 Å². The number of hydrazone groups is 1. The molecule has 2 aliphatic rings. The lowest BCUT2D eigenvalue weighted by Gasteiger charge is -2.34. The van der Waals surface area contributed by atoms with Crippen LogP contribution in [0.1, 0.15) is 50.4 Å². The molecule has 1 N–H and O–H groups in total. The van der Waals surface area contributed by atoms with Crippen LogP contribution in [0.4, 0.5) is 0 Å². The molecular formula is C18H24N2OS. The molecule has 4 heteroatoms. The van der Waals surface area contributed by atoms with Gasteiger partial charge in [-0.1, -0.05) is 20.8 Å². The van der Waals surface area contributed by atoms with E-state index in [4.69, 9.17) is 0 Å². The third kappa shape index (κ3) is 2.28. The highest BCUT2D eigenvalue weighted by Crippen LogP contribution is 2.63. The lowest BCUT2D eigenvalue weighted by Crippen LogP contribution is -2.34. The fourth-order valence-corrected chi connectivity index (χ4v) is 4.43. The maximum Gasteiger partial charge on any atom is 0.271 e. The van der Waals surface area contributed by atoms with Crippen LogP contribution in [0.25, 0.3) is 0 Å². The zero-order valence-electron chi connectivity index (χ0n) is 13.8. The first-order valence-corrected chi connectivity index (χ1v) is 9.12. The molecular weight excluding hydrogens is 292 g/mol. The summed E-state index contributed by atoms with van der Waals surface area (Å²) in [6.07, 6.45) is 5.52.